The van der Waals surface area contributed by atoms with Gasteiger partial charge in [0.1, 0.15) is 17.6 Å². The number of nitrogens with one attached hydrogen (secondary N) is 1. The van der Waals surface area contributed by atoms with Gasteiger partial charge in [-0.15, -0.1) is 0 Å². The number of carbonyl (C=O) groups is 1. The lowest BCUT2D eigenvalue weighted by Gasteiger charge is -2.29. The molecule has 3 rings (SSSR count). The molecule has 0 spiro atoms. The minimum atomic E-state index is -0.843. The van der Waals surface area contributed by atoms with Crippen molar-refractivity contribution < 1.29 is 19.1 Å². The van der Waals surface area contributed by atoms with Gasteiger partial charge in [0, 0.05) is 0 Å². The van der Waals surface area contributed by atoms with E-state index in [1.807, 2.05) is 25.1 Å². The van der Waals surface area contributed by atoms with E-state index < -0.39 is 11.5 Å². The average molecular weight is 343 g/mol. The standard InChI is InChI=1S/C20H25NO4/c1-14-7-8-15(12-18(14)24-2)20(9-3-4-10-20)19(23)21-13-16(22)17-6-5-11-25-17/h5-8,11-12,16,22H,3-4,9-10,13H2,1-2H3,(H,21,23). The van der Waals surface area contributed by atoms with Gasteiger partial charge in [0.25, 0.3) is 0 Å². The van der Waals surface area contributed by atoms with Crippen LogP contribution in [0.25, 0.3) is 0 Å². The summed E-state index contributed by atoms with van der Waals surface area (Å²) in [5.74, 6) is 1.21. The first kappa shape index (κ1) is 17.5. The van der Waals surface area contributed by atoms with Crippen LogP contribution in [0.5, 0.6) is 5.75 Å². The third kappa shape index (κ3) is 3.42. The summed E-state index contributed by atoms with van der Waals surface area (Å²) in [6, 6.07) is 9.42. The maximum absolute atomic E-state index is 13.0. The molecule has 1 aromatic heterocycles. The van der Waals surface area contributed by atoms with Crippen LogP contribution in [0.15, 0.2) is 41.0 Å². The summed E-state index contributed by atoms with van der Waals surface area (Å²) in [5.41, 5.74) is 1.48. The van der Waals surface area contributed by atoms with Gasteiger partial charge in [0.15, 0.2) is 0 Å². The van der Waals surface area contributed by atoms with Crippen LogP contribution in [0.1, 0.15) is 48.7 Å². The Labute approximate surface area is 148 Å². The monoisotopic (exact) mass is 343 g/mol. The molecule has 0 bridgehead atoms. The predicted octanol–water partition coefficient (Wildman–Crippen LogP) is 3.26. The van der Waals surface area contributed by atoms with E-state index in [9.17, 15) is 9.90 Å². The number of aryl methyl sites for hydroxylation is 1. The SMILES string of the molecule is COc1cc(C2(C(=O)NCC(O)c3ccco3)CCCC2)ccc1C. The summed E-state index contributed by atoms with van der Waals surface area (Å²) in [5, 5.41) is 13.1. The molecule has 1 amide bonds. The smallest absolute Gasteiger partial charge is 0.230 e. The summed E-state index contributed by atoms with van der Waals surface area (Å²) >= 11 is 0. The third-order valence-corrected chi connectivity index (χ3v) is 5.18. The van der Waals surface area contributed by atoms with Crippen molar-refractivity contribution in [2.24, 2.45) is 0 Å². The molecule has 1 aromatic carbocycles. The van der Waals surface area contributed by atoms with Crippen molar-refractivity contribution in [1.82, 2.24) is 5.32 Å². The summed E-state index contributed by atoms with van der Waals surface area (Å²) in [7, 11) is 1.65. The van der Waals surface area contributed by atoms with E-state index in [-0.39, 0.29) is 12.5 Å². The number of aliphatic hydroxyl groups excluding tert-OH is 1. The minimum absolute atomic E-state index is 0.0403. The molecule has 0 aliphatic heterocycles. The molecule has 1 saturated carbocycles. The highest BCUT2D eigenvalue weighted by Crippen LogP contribution is 2.42. The van der Waals surface area contributed by atoms with E-state index in [0.29, 0.717) is 5.76 Å². The van der Waals surface area contributed by atoms with Crippen molar-refractivity contribution in [2.45, 2.75) is 44.1 Å². The van der Waals surface area contributed by atoms with Gasteiger partial charge < -0.3 is 19.6 Å². The van der Waals surface area contributed by atoms with Crippen molar-refractivity contribution >= 4 is 5.91 Å². The first-order chi connectivity index (χ1) is 12.1. The van der Waals surface area contributed by atoms with Crippen molar-refractivity contribution in [1.29, 1.82) is 0 Å². The molecule has 2 N–H and O–H groups in total. The Morgan fingerprint density at radius 2 is 2.12 bits per heavy atom. The lowest BCUT2D eigenvalue weighted by molar-refractivity contribution is -0.127. The van der Waals surface area contributed by atoms with Gasteiger partial charge >= 0.3 is 0 Å². The van der Waals surface area contributed by atoms with Crippen LogP contribution in [-0.2, 0) is 10.2 Å². The van der Waals surface area contributed by atoms with Gasteiger partial charge in [-0.05, 0) is 49.1 Å². The number of furan rings is 1. The fraction of sp³-hybridized carbons (Fsp3) is 0.450. The largest absolute Gasteiger partial charge is 0.496 e. The van der Waals surface area contributed by atoms with Crippen molar-refractivity contribution in [2.75, 3.05) is 13.7 Å². The molecule has 1 heterocycles. The van der Waals surface area contributed by atoms with E-state index in [2.05, 4.69) is 5.32 Å². The summed E-state index contributed by atoms with van der Waals surface area (Å²) in [4.78, 5) is 13.0. The van der Waals surface area contributed by atoms with Crippen LogP contribution in [0.4, 0.5) is 0 Å². The molecule has 1 atom stereocenters. The van der Waals surface area contributed by atoms with Crippen LogP contribution in [0.2, 0.25) is 0 Å². The normalized spacial score (nSPS) is 17.2. The van der Waals surface area contributed by atoms with Crippen molar-refractivity contribution in [3.8, 4) is 5.75 Å². The maximum Gasteiger partial charge on any atom is 0.230 e. The fourth-order valence-corrected chi connectivity index (χ4v) is 3.68. The first-order valence-corrected chi connectivity index (χ1v) is 8.72. The topological polar surface area (TPSA) is 71.7 Å². The van der Waals surface area contributed by atoms with Gasteiger partial charge in [-0.3, -0.25) is 4.79 Å². The first-order valence-electron chi connectivity index (χ1n) is 8.72. The number of rotatable bonds is 6. The highest BCUT2D eigenvalue weighted by Gasteiger charge is 2.43. The van der Waals surface area contributed by atoms with Crippen molar-refractivity contribution in [3.63, 3.8) is 0 Å². The predicted molar refractivity (Wildman–Crippen MR) is 94.6 cm³/mol. The summed E-state index contributed by atoms with van der Waals surface area (Å²) in [6.45, 7) is 2.13. The zero-order valence-electron chi connectivity index (χ0n) is 14.7. The zero-order chi connectivity index (χ0) is 17.9. The van der Waals surface area contributed by atoms with Crippen molar-refractivity contribution in [3.05, 3.63) is 53.5 Å². The Kier molecular flexibility index (Phi) is 5.13. The van der Waals surface area contributed by atoms with Crippen LogP contribution >= 0.6 is 0 Å². The Bertz CT molecular complexity index is 717. The molecule has 25 heavy (non-hydrogen) atoms. The second-order valence-electron chi connectivity index (χ2n) is 6.71. The highest BCUT2D eigenvalue weighted by atomic mass is 16.5. The van der Waals surface area contributed by atoms with E-state index >= 15 is 0 Å². The maximum atomic E-state index is 13.0. The minimum Gasteiger partial charge on any atom is -0.496 e. The van der Waals surface area contributed by atoms with E-state index in [1.165, 1.54) is 6.26 Å². The lowest BCUT2D eigenvalue weighted by Crippen LogP contribution is -2.44. The molecule has 0 radical (unpaired) electrons. The van der Waals surface area contributed by atoms with Crippen LogP contribution in [0.3, 0.4) is 0 Å². The van der Waals surface area contributed by atoms with E-state index in [1.54, 1.807) is 19.2 Å². The van der Waals surface area contributed by atoms with E-state index in [0.717, 1.165) is 42.6 Å². The van der Waals surface area contributed by atoms with Gasteiger partial charge in [0.2, 0.25) is 5.91 Å². The molecular formula is C20H25NO4. The molecular weight excluding hydrogens is 318 g/mol. The second-order valence-corrected chi connectivity index (χ2v) is 6.71. The van der Waals surface area contributed by atoms with Crippen LogP contribution < -0.4 is 10.1 Å². The number of benzene rings is 1. The summed E-state index contributed by atoms with van der Waals surface area (Å²) < 4.78 is 10.6. The second kappa shape index (κ2) is 7.31. The van der Waals surface area contributed by atoms with Crippen LogP contribution in [0, 0.1) is 6.92 Å². The summed E-state index contributed by atoms with van der Waals surface area (Å²) in [6.07, 6.45) is 4.32. The number of ether oxygens (including phenoxy) is 1. The molecule has 2 aromatic rings. The molecule has 1 aliphatic carbocycles. The third-order valence-electron chi connectivity index (χ3n) is 5.18. The average Bonchev–Trinajstić information content (AvgIpc) is 3.32. The molecule has 1 unspecified atom stereocenters. The van der Waals surface area contributed by atoms with E-state index in [4.69, 9.17) is 9.15 Å². The number of carbonyl (C=O) groups excluding carboxylic acids is 1. The Morgan fingerprint density at radius 3 is 2.76 bits per heavy atom. The lowest BCUT2D eigenvalue weighted by atomic mass is 9.77. The van der Waals surface area contributed by atoms with Gasteiger partial charge in [-0.25, -0.2) is 0 Å². The number of hydrogen-bond acceptors (Lipinski definition) is 4. The zero-order valence-corrected chi connectivity index (χ0v) is 14.7. The Hall–Kier alpha value is -2.27. The molecule has 0 saturated heterocycles. The number of amides is 1. The molecule has 134 valence electrons. The molecule has 5 nitrogen and oxygen atoms in total. The van der Waals surface area contributed by atoms with Crippen LogP contribution in [-0.4, -0.2) is 24.7 Å². The van der Waals surface area contributed by atoms with Gasteiger partial charge in [-0.1, -0.05) is 25.0 Å². The molecule has 5 heteroatoms. The van der Waals surface area contributed by atoms with Gasteiger partial charge in [-0.2, -0.15) is 0 Å². The highest BCUT2D eigenvalue weighted by molar-refractivity contribution is 5.88. The number of hydrogen-bond donors (Lipinski definition) is 2. The number of methoxy groups -OCH3 is 1. The Balaban J connectivity index is 1.79. The Morgan fingerprint density at radius 1 is 1.36 bits per heavy atom. The number of aliphatic hydroxyl groups is 1. The molecule has 1 aliphatic rings. The molecule has 1 fully saturated rings. The fourth-order valence-electron chi connectivity index (χ4n) is 3.68. The van der Waals surface area contributed by atoms with Gasteiger partial charge in [0.05, 0.1) is 25.3 Å². The quantitative estimate of drug-likeness (QED) is 0.844.